The van der Waals surface area contributed by atoms with Gasteiger partial charge in [0.25, 0.3) is 0 Å². The molecule has 1 saturated heterocycles. The standard InChI is InChI=1S/C18H23NO3/c1-17(2,3)22-16(21)19-15-14(20)10-7-11-18(15,19)12-13-8-5-4-6-9-13/h4-6,8-9,15H,7,10-12H2,1-3H3. The smallest absolute Gasteiger partial charge is 0.411 e. The molecule has 4 heteroatoms. The van der Waals surface area contributed by atoms with Gasteiger partial charge in [-0.15, -0.1) is 0 Å². The number of carbonyl (C=O) groups is 2. The molecule has 0 N–H and O–H groups in total. The van der Waals surface area contributed by atoms with Crippen molar-refractivity contribution in [3.63, 3.8) is 0 Å². The minimum Gasteiger partial charge on any atom is -0.444 e. The lowest BCUT2D eigenvalue weighted by atomic mass is 9.84. The molecule has 1 aliphatic carbocycles. The van der Waals surface area contributed by atoms with Gasteiger partial charge in [-0.1, -0.05) is 30.3 Å². The summed E-state index contributed by atoms with van der Waals surface area (Å²) in [5.74, 6) is 0.174. The molecule has 2 atom stereocenters. The first-order valence-corrected chi connectivity index (χ1v) is 7.92. The van der Waals surface area contributed by atoms with Gasteiger partial charge in [-0.2, -0.15) is 0 Å². The second-order valence-corrected chi connectivity index (χ2v) is 7.34. The van der Waals surface area contributed by atoms with E-state index in [0.717, 1.165) is 24.8 Å². The van der Waals surface area contributed by atoms with Gasteiger partial charge >= 0.3 is 6.09 Å². The van der Waals surface area contributed by atoms with Crippen LogP contribution in [0.15, 0.2) is 30.3 Å². The molecule has 1 aromatic rings. The molecule has 2 unspecified atom stereocenters. The van der Waals surface area contributed by atoms with Crippen LogP contribution in [0, 0.1) is 0 Å². The maximum atomic E-state index is 12.5. The number of benzene rings is 1. The summed E-state index contributed by atoms with van der Waals surface area (Å²) < 4.78 is 5.50. The van der Waals surface area contributed by atoms with Crippen LogP contribution in [0.3, 0.4) is 0 Å². The van der Waals surface area contributed by atoms with Gasteiger partial charge in [0.15, 0.2) is 5.78 Å². The van der Waals surface area contributed by atoms with E-state index in [9.17, 15) is 9.59 Å². The Labute approximate surface area is 131 Å². The highest BCUT2D eigenvalue weighted by Gasteiger charge is 2.69. The Hall–Kier alpha value is -1.84. The highest BCUT2D eigenvalue weighted by Crippen LogP contribution is 2.52. The van der Waals surface area contributed by atoms with Crippen LogP contribution >= 0.6 is 0 Å². The lowest BCUT2D eigenvalue weighted by molar-refractivity contribution is -0.120. The molecule has 2 fully saturated rings. The minimum atomic E-state index is -0.542. The maximum absolute atomic E-state index is 12.5. The number of fused-ring (bicyclic) bond motifs is 1. The topological polar surface area (TPSA) is 46.4 Å². The molecule has 1 aromatic carbocycles. The van der Waals surface area contributed by atoms with E-state index in [0.29, 0.717) is 6.42 Å². The molecule has 1 aliphatic heterocycles. The summed E-state index contributed by atoms with van der Waals surface area (Å²) in [4.78, 5) is 26.4. The van der Waals surface area contributed by atoms with Gasteiger partial charge in [0.05, 0.1) is 5.54 Å². The average Bonchev–Trinajstić information content (AvgIpc) is 3.08. The predicted octanol–water partition coefficient (Wildman–Crippen LogP) is 3.34. The maximum Gasteiger partial charge on any atom is 0.411 e. The fourth-order valence-electron chi connectivity index (χ4n) is 3.60. The van der Waals surface area contributed by atoms with E-state index in [1.165, 1.54) is 0 Å². The third-order valence-electron chi connectivity index (χ3n) is 4.46. The van der Waals surface area contributed by atoms with Gasteiger partial charge in [0, 0.05) is 6.42 Å². The second-order valence-electron chi connectivity index (χ2n) is 7.34. The first-order chi connectivity index (χ1) is 10.3. The third kappa shape index (κ3) is 2.62. The van der Waals surface area contributed by atoms with E-state index < -0.39 is 5.60 Å². The van der Waals surface area contributed by atoms with Crippen LogP contribution in [0.25, 0.3) is 0 Å². The molecule has 1 amide bonds. The van der Waals surface area contributed by atoms with Crippen molar-refractivity contribution < 1.29 is 14.3 Å². The lowest BCUT2D eigenvalue weighted by Crippen LogP contribution is -2.32. The number of hydrogen-bond donors (Lipinski definition) is 0. The number of hydrogen-bond acceptors (Lipinski definition) is 3. The Balaban J connectivity index is 1.83. The zero-order chi connectivity index (χ0) is 16.0. The van der Waals surface area contributed by atoms with Gasteiger partial charge in [-0.25, -0.2) is 4.79 Å². The molecular formula is C18H23NO3. The number of ketones is 1. The van der Waals surface area contributed by atoms with Crippen LogP contribution in [0.5, 0.6) is 0 Å². The van der Waals surface area contributed by atoms with Crippen molar-refractivity contribution in [1.82, 2.24) is 4.90 Å². The predicted molar refractivity (Wildman–Crippen MR) is 83.6 cm³/mol. The summed E-state index contributed by atoms with van der Waals surface area (Å²) in [7, 11) is 0. The number of likely N-dealkylation sites (tertiary alicyclic amines) is 1. The second kappa shape index (κ2) is 5.11. The quantitative estimate of drug-likeness (QED) is 0.787. The van der Waals surface area contributed by atoms with Gasteiger partial charge in [0.1, 0.15) is 11.6 Å². The van der Waals surface area contributed by atoms with Crippen molar-refractivity contribution in [2.24, 2.45) is 0 Å². The summed E-state index contributed by atoms with van der Waals surface area (Å²) in [5.41, 5.74) is 0.256. The molecule has 0 aromatic heterocycles. The molecule has 1 saturated carbocycles. The third-order valence-corrected chi connectivity index (χ3v) is 4.46. The van der Waals surface area contributed by atoms with Crippen LogP contribution in [0.2, 0.25) is 0 Å². The fourth-order valence-corrected chi connectivity index (χ4v) is 3.60. The van der Waals surface area contributed by atoms with E-state index in [-0.39, 0.29) is 23.5 Å². The number of Topliss-reactive ketones (excluding diaryl/α,β-unsaturated/α-hetero) is 1. The van der Waals surface area contributed by atoms with Gasteiger partial charge < -0.3 is 4.74 Å². The molecule has 0 bridgehead atoms. The van der Waals surface area contributed by atoms with Crippen LogP contribution in [-0.4, -0.2) is 34.0 Å². The van der Waals surface area contributed by atoms with Gasteiger partial charge in [0.2, 0.25) is 0 Å². The van der Waals surface area contributed by atoms with Crippen molar-refractivity contribution >= 4 is 11.9 Å². The first kappa shape index (κ1) is 15.1. The van der Waals surface area contributed by atoms with E-state index in [1.54, 1.807) is 4.90 Å². The molecule has 2 aliphatic rings. The Kier molecular flexibility index (Phi) is 3.50. The number of rotatable bonds is 2. The Bertz CT molecular complexity index is 590. The van der Waals surface area contributed by atoms with E-state index in [1.807, 2.05) is 39.0 Å². The van der Waals surface area contributed by atoms with Crippen LogP contribution in [0.1, 0.15) is 45.6 Å². The Morgan fingerprint density at radius 1 is 1.32 bits per heavy atom. The Morgan fingerprint density at radius 2 is 2.00 bits per heavy atom. The highest BCUT2D eigenvalue weighted by atomic mass is 16.6. The largest absolute Gasteiger partial charge is 0.444 e. The van der Waals surface area contributed by atoms with E-state index in [2.05, 4.69) is 12.1 Å². The molecule has 118 valence electrons. The van der Waals surface area contributed by atoms with Gasteiger partial charge in [-0.3, -0.25) is 9.69 Å². The Morgan fingerprint density at radius 3 is 2.64 bits per heavy atom. The number of carbonyl (C=O) groups excluding carboxylic acids is 2. The molecule has 22 heavy (non-hydrogen) atoms. The highest BCUT2D eigenvalue weighted by molar-refractivity contribution is 5.96. The summed E-state index contributed by atoms with van der Waals surface area (Å²) >= 11 is 0. The molecule has 0 radical (unpaired) electrons. The van der Waals surface area contributed by atoms with Crippen LogP contribution < -0.4 is 0 Å². The van der Waals surface area contributed by atoms with Crippen molar-refractivity contribution in [1.29, 1.82) is 0 Å². The summed E-state index contributed by atoms with van der Waals surface area (Å²) in [5, 5.41) is 0. The summed E-state index contributed by atoms with van der Waals surface area (Å²) in [6.45, 7) is 5.55. The van der Waals surface area contributed by atoms with Crippen LogP contribution in [0.4, 0.5) is 4.79 Å². The normalized spacial score (nSPS) is 27.3. The van der Waals surface area contributed by atoms with Crippen molar-refractivity contribution in [3.8, 4) is 0 Å². The summed E-state index contributed by atoms with van der Waals surface area (Å²) in [6.07, 6.45) is 2.66. The molecule has 0 spiro atoms. The van der Waals surface area contributed by atoms with Crippen molar-refractivity contribution in [2.45, 2.75) is 63.6 Å². The van der Waals surface area contributed by atoms with Crippen LogP contribution in [-0.2, 0) is 16.0 Å². The zero-order valence-electron chi connectivity index (χ0n) is 13.5. The molecule has 1 heterocycles. The zero-order valence-corrected chi connectivity index (χ0v) is 13.5. The van der Waals surface area contributed by atoms with Gasteiger partial charge in [-0.05, 0) is 45.6 Å². The molecule has 4 nitrogen and oxygen atoms in total. The summed E-state index contributed by atoms with van der Waals surface area (Å²) in [6, 6.07) is 9.77. The fraction of sp³-hybridized carbons (Fsp3) is 0.556. The number of ether oxygens (including phenoxy) is 1. The monoisotopic (exact) mass is 301 g/mol. The molecular weight excluding hydrogens is 278 g/mol. The van der Waals surface area contributed by atoms with Crippen molar-refractivity contribution in [2.75, 3.05) is 0 Å². The van der Waals surface area contributed by atoms with Crippen molar-refractivity contribution in [3.05, 3.63) is 35.9 Å². The minimum absolute atomic E-state index is 0.174. The number of nitrogens with zero attached hydrogens (tertiary/aromatic N) is 1. The van der Waals surface area contributed by atoms with E-state index in [4.69, 9.17) is 4.74 Å². The lowest BCUT2D eigenvalue weighted by Gasteiger charge is -2.23. The number of amides is 1. The first-order valence-electron chi connectivity index (χ1n) is 7.92. The molecule has 3 rings (SSSR count). The average molecular weight is 301 g/mol. The van der Waals surface area contributed by atoms with E-state index >= 15 is 0 Å². The SMILES string of the molecule is CC(C)(C)OC(=O)N1C2C(=O)CCCC21Cc1ccccc1.